The van der Waals surface area contributed by atoms with Crippen molar-refractivity contribution in [3.63, 3.8) is 0 Å². The number of nitrogens with one attached hydrogen (secondary N) is 1. The molecule has 0 saturated carbocycles. The normalized spacial score (nSPS) is 12.1. The summed E-state index contributed by atoms with van der Waals surface area (Å²) in [4.78, 5) is 29.1. The number of hydrogen-bond donors (Lipinski definition) is 1. The molecular weight excluding hydrogens is 314 g/mol. The van der Waals surface area contributed by atoms with Crippen LogP contribution in [0.15, 0.2) is 59.7 Å². The summed E-state index contributed by atoms with van der Waals surface area (Å²) in [5, 5.41) is 3.52. The molecule has 128 valence electrons. The van der Waals surface area contributed by atoms with E-state index in [-0.39, 0.29) is 24.1 Å². The van der Waals surface area contributed by atoms with Crippen LogP contribution in [0.2, 0.25) is 0 Å². The molecule has 1 atom stereocenters. The average Bonchev–Trinajstić information content (AvgIpc) is 2.63. The van der Waals surface area contributed by atoms with Gasteiger partial charge >= 0.3 is 0 Å². The standard InChI is InChI=1S/C20H21N3O2/c1-3-17(15-10-8-14(2)9-11-15)22-19(24)12-23-13-21-18-7-5-4-6-16(18)20(23)25/h4-11,13,17H,3,12H2,1-2H3,(H,22,24). The largest absolute Gasteiger partial charge is 0.348 e. The summed E-state index contributed by atoms with van der Waals surface area (Å²) in [7, 11) is 0. The van der Waals surface area contributed by atoms with Crippen molar-refractivity contribution in [2.24, 2.45) is 0 Å². The molecule has 0 aliphatic rings. The van der Waals surface area contributed by atoms with Gasteiger partial charge in [0.15, 0.2) is 0 Å². The van der Waals surface area contributed by atoms with E-state index in [1.807, 2.05) is 44.2 Å². The second kappa shape index (κ2) is 7.30. The Morgan fingerprint density at radius 2 is 1.88 bits per heavy atom. The number of para-hydroxylation sites is 1. The number of hydrogen-bond acceptors (Lipinski definition) is 3. The molecule has 0 radical (unpaired) electrons. The molecule has 0 aliphatic heterocycles. The first-order valence-electron chi connectivity index (χ1n) is 8.38. The van der Waals surface area contributed by atoms with Crippen LogP contribution < -0.4 is 10.9 Å². The van der Waals surface area contributed by atoms with Gasteiger partial charge in [-0.3, -0.25) is 14.2 Å². The predicted molar refractivity (Wildman–Crippen MR) is 98.4 cm³/mol. The Labute approximate surface area is 146 Å². The van der Waals surface area contributed by atoms with Crippen LogP contribution in [-0.4, -0.2) is 15.5 Å². The highest BCUT2D eigenvalue weighted by molar-refractivity contribution is 5.79. The number of aryl methyl sites for hydroxylation is 1. The van der Waals surface area contributed by atoms with Gasteiger partial charge in [-0.05, 0) is 31.0 Å². The number of amides is 1. The van der Waals surface area contributed by atoms with E-state index in [0.717, 1.165) is 12.0 Å². The summed E-state index contributed by atoms with van der Waals surface area (Å²) >= 11 is 0. The third-order valence-electron chi connectivity index (χ3n) is 4.27. The first-order chi connectivity index (χ1) is 12.1. The lowest BCUT2D eigenvalue weighted by Crippen LogP contribution is -2.34. The minimum atomic E-state index is -0.205. The van der Waals surface area contributed by atoms with Gasteiger partial charge in [-0.25, -0.2) is 4.98 Å². The zero-order valence-electron chi connectivity index (χ0n) is 14.4. The predicted octanol–water partition coefficient (Wildman–Crippen LogP) is 2.97. The minimum Gasteiger partial charge on any atom is -0.348 e. The zero-order chi connectivity index (χ0) is 17.8. The van der Waals surface area contributed by atoms with Crippen LogP contribution in [0.1, 0.15) is 30.5 Å². The lowest BCUT2D eigenvalue weighted by atomic mass is 10.0. The maximum absolute atomic E-state index is 12.5. The van der Waals surface area contributed by atoms with Crippen molar-refractivity contribution in [3.8, 4) is 0 Å². The molecule has 0 bridgehead atoms. The number of fused-ring (bicyclic) bond motifs is 1. The van der Waals surface area contributed by atoms with Crippen LogP contribution in [0.4, 0.5) is 0 Å². The lowest BCUT2D eigenvalue weighted by molar-refractivity contribution is -0.122. The van der Waals surface area contributed by atoms with Crippen LogP contribution in [0.3, 0.4) is 0 Å². The number of nitrogens with zero attached hydrogens (tertiary/aromatic N) is 2. The maximum atomic E-state index is 12.5. The molecule has 0 fully saturated rings. The molecule has 1 aromatic heterocycles. The van der Waals surface area contributed by atoms with Crippen molar-refractivity contribution in [1.29, 1.82) is 0 Å². The SMILES string of the molecule is CCC(NC(=O)Cn1cnc2ccccc2c1=O)c1ccc(C)cc1. The molecule has 0 saturated heterocycles. The smallest absolute Gasteiger partial charge is 0.261 e. The van der Waals surface area contributed by atoms with Gasteiger partial charge in [0, 0.05) is 0 Å². The van der Waals surface area contributed by atoms with Crippen molar-refractivity contribution >= 4 is 16.8 Å². The Morgan fingerprint density at radius 1 is 1.16 bits per heavy atom. The fraction of sp³-hybridized carbons (Fsp3) is 0.250. The summed E-state index contributed by atoms with van der Waals surface area (Å²) in [6, 6.07) is 15.2. The highest BCUT2D eigenvalue weighted by Gasteiger charge is 2.14. The van der Waals surface area contributed by atoms with E-state index in [0.29, 0.717) is 10.9 Å². The Morgan fingerprint density at radius 3 is 2.60 bits per heavy atom. The lowest BCUT2D eigenvalue weighted by Gasteiger charge is -2.18. The maximum Gasteiger partial charge on any atom is 0.261 e. The second-order valence-electron chi connectivity index (χ2n) is 6.13. The van der Waals surface area contributed by atoms with Crippen molar-refractivity contribution in [1.82, 2.24) is 14.9 Å². The van der Waals surface area contributed by atoms with E-state index in [4.69, 9.17) is 0 Å². The molecule has 0 aliphatic carbocycles. The summed E-state index contributed by atoms with van der Waals surface area (Å²) in [6.07, 6.45) is 2.21. The number of benzene rings is 2. The molecule has 0 spiro atoms. The second-order valence-corrected chi connectivity index (χ2v) is 6.13. The van der Waals surface area contributed by atoms with E-state index >= 15 is 0 Å². The first kappa shape index (κ1) is 16.9. The van der Waals surface area contributed by atoms with Crippen molar-refractivity contribution in [2.45, 2.75) is 32.9 Å². The molecule has 1 unspecified atom stereocenters. The van der Waals surface area contributed by atoms with Crippen molar-refractivity contribution < 1.29 is 4.79 Å². The van der Waals surface area contributed by atoms with E-state index in [1.54, 1.807) is 18.2 Å². The topological polar surface area (TPSA) is 64.0 Å². The molecular formula is C20H21N3O2. The molecule has 1 N–H and O–H groups in total. The molecule has 5 nitrogen and oxygen atoms in total. The van der Waals surface area contributed by atoms with E-state index in [1.165, 1.54) is 16.5 Å². The molecule has 3 aromatic rings. The molecule has 5 heteroatoms. The molecule has 1 heterocycles. The Kier molecular flexibility index (Phi) is 4.93. The molecule has 3 rings (SSSR count). The molecule has 2 aromatic carbocycles. The van der Waals surface area contributed by atoms with Crippen LogP contribution in [0.25, 0.3) is 10.9 Å². The average molecular weight is 335 g/mol. The van der Waals surface area contributed by atoms with Gasteiger partial charge in [-0.2, -0.15) is 0 Å². The highest BCUT2D eigenvalue weighted by atomic mass is 16.2. The van der Waals surface area contributed by atoms with Crippen molar-refractivity contribution in [2.75, 3.05) is 0 Å². The number of aromatic nitrogens is 2. The quantitative estimate of drug-likeness (QED) is 0.779. The summed E-state index contributed by atoms with van der Waals surface area (Å²) in [5.41, 5.74) is 2.67. The van der Waals surface area contributed by atoms with Gasteiger partial charge in [0.2, 0.25) is 5.91 Å². The highest BCUT2D eigenvalue weighted by Crippen LogP contribution is 2.17. The minimum absolute atomic E-state index is 0.0426. The summed E-state index contributed by atoms with van der Waals surface area (Å²) < 4.78 is 1.35. The zero-order valence-corrected chi connectivity index (χ0v) is 14.4. The third kappa shape index (κ3) is 3.76. The molecule has 25 heavy (non-hydrogen) atoms. The van der Waals surface area contributed by atoms with Gasteiger partial charge in [-0.1, -0.05) is 48.9 Å². The number of rotatable bonds is 5. The first-order valence-corrected chi connectivity index (χ1v) is 8.38. The van der Waals surface area contributed by atoms with E-state index in [2.05, 4.69) is 10.3 Å². The van der Waals surface area contributed by atoms with E-state index < -0.39 is 0 Å². The van der Waals surface area contributed by atoms with Crippen LogP contribution in [0, 0.1) is 6.92 Å². The number of carbonyl (C=O) groups is 1. The van der Waals surface area contributed by atoms with Gasteiger partial charge in [0.1, 0.15) is 6.54 Å². The van der Waals surface area contributed by atoms with Gasteiger partial charge in [0.05, 0.1) is 23.3 Å². The summed E-state index contributed by atoms with van der Waals surface area (Å²) in [6.45, 7) is 4.01. The Balaban J connectivity index is 1.76. The van der Waals surface area contributed by atoms with Crippen LogP contribution in [-0.2, 0) is 11.3 Å². The van der Waals surface area contributed by atoms with Gasteiger partial charge in [0.25, 0.3) is 5.56 Å². The van der Waals surface area contributed by atoms with E-state index in [9.17, 15) is 9.59 Å². The van der Waals surface area contributed by atoms with Crippen LogP contribution >= 0.6 is 0 Å². The molecule has 1 amide bonds. The monoisotopic (exact) mass is 335 g/mol. The Bertz CT molecular complexity index is 945. The van der Waals surface area contributed by atoms with Gasteiger partial charge < -0.3 is 5.32 Å². The van der Waals surface area contributed by atoms with Gasteiger partial charge in [-0.15, -0.1) is 0 Å². The Hall–Kier alpha value is -2.95. The fourth-order valence-corrected chi connectivity index (χ4v) is 2.83. The van der Waals surface area contributed by atoms with Crippen molar-refractivity contribution in [3.05, 3.63) is 76.3 Å². The van der Waals surface area contributed by atoms with Crippen LogP contribution in [0.5, 0.6) is 0 Å². The summed E-state index contributed by atoms with van der Waals surface area (Å²) in [5.74, 6) is -0.202. The number of carbonyl (C=O) groups excluding carboxylic acids is 1. The third-order valence-corrected chi connectivity index (χ3v) is 4.27. The fourth-order valence-electron chi connectivity index (χ4n) is 2.83.